The van der Waals surface area contributed by atoms with Crippen molar-refractivity contribution in [2.75, 3.05) is 5.32 Å². The molecule has 0 aliphatic heterocycles. The Hall–Kier alpha value is -1.75. The Morgan fingerprint density at radius 3 is 2.21 bits per heavy atom. The number of carbonyl (C=O) groups is 1. The lowest BCUT2D eigenvalue weighted by molar-refractivity contribution is 0.0636. The number of aliphatic hydroxyl groups is 1. The highest BCUT2D eigenvalue weighted by atomic mass is 16.6. The number of aromatic hydroxyl groups is 1. The molecule has 1 aromatic carbocycles. The maximum atomic E-state index is 11.6. The second-order valence-corrected chi connectivity index (χ2v) is 5.92. The SMILES string of the molecule is CC(C)(C)OC(=O)Nc1ccc(C(C)(C)O)c(O)c1. The fraction of sp³-hybridized carbons (Fsp3) is 0.500. The molecular weight excluding hydrogens is 246 g/mol. The smallest absolute Gasteiger partial charge is 0.412 e. The van der Waals surface area contributed by atoms with E-state index in [-0.39, 0.29) is 5.75 Å². The van der Waals surface area contributed by atoms with Gasteiger partial charge in [0.25, 0.3) is 0 Å². The van der Waals surface area contributed by atoms with Crippen molar-refractivity contribution in [3.8, 4) is 5.75 Å². The Bertz CT molecular complexity index is 469. The maximum Gasteiger partial charge on any atom is 0.412 e. The normalized spacial score (nSPS) is 12.1. The number of anilines is 1. The van der Waals surface area contributed by atoms with Gasteiger partial charge in [-0.05, 0) is 40.7 Å². The van der Waals surface area contributed by atoms with E-state index in [1.807, 2.05) is 0 Å². The quantitative estimate of drug-likeness (QED) is 0.769. The second kappa shape index (κ2) is 5.09. The summed E-state index contributed by atoms with van der Waals surface area (Å²) in [5.74, 6) is -0.0824. The van der Waals surface area contributed by atoms with E-state index >= 15 is 0 Å². The molecule has 0 radical (unpaired) electrons. The summed E-state index contributed by atoms with van der Waals surface area (Å²) in [6.45, 7) is 8.44. The van der Waals surface area contributed by atoms with Crippen LogP contribution in [0.3, 0.4) is 0 Å². The number of rotatable bonds is 2. The average Bonchev–Trinajstić information content (AvgIpc) is 2.11. The third kappa shape index (κ3) is 4.79. The van der Waals surface area contributed by atoms with Gasteiger partial charge in [0.15, 0.2) is 0 Å². The first-order valence-electron chi connectivity index (χ1n) is 6.05. The summed E-state index contributed by atoms with van der Waals surface area (Å²) >= 11 is 0. The van der Waals surface area contributed by atoms with E-state index in [1.165, 1.54) is 6.07 Å². The van der Waals surface area contributed by atoms with Gasteiger partial charge in [0, 0.05) is 17.3 Å². The Labute approximate surface area is 113 Å². The van der Waals surface area contributed by atoms with Crippen LogP contribution in [0.4, 0.5) is 10.5 Å². The van der Waals surface area contributed by atoms with Crippen molar-refractivity contribution in [3.05, 3.63) is 23.8 Å². The molecule has 106 valence electrons. The summed E-state index contributed by atoms with van der Waals surface area (Å²) in [7, 11) is 0. The summed E-state index contributed by atoms with van der Waals surface area (Å²) in [5, 5.41) is 22.2. The first-order chi connectivity index (χ1) is 8.49. The molecule has 0 saturated carbocycles. The number of hydrogen-bond acceptors (Lipinski definition) is 4. The van der Waals surface area contributed by atoms with Crippen molar-refractivity contribution in [2.24, 2.45) is 0 Å². The van der Waals surface area contributed by atoms with Crippen LogP contribution in [0, 0.1) is 0 Å². The third-order valence-electron chi connectivity index (χ3n) is 2.30. The van der Waals surface area contributed by atoms with Crippen LogP contribution in [0.25, 0.3) is 0 Å². The first kappa shape index (κ1) is 15.3. The van der Waals surface area contributed by atoms with Gasteiger partial charge in [-0.2, -0.15) is 0 Å². The lowest BCUT2D eigenvalue weighted by Gasteiger charge is -2.21. The standard InChI is InChI=1S/C14H21NO4/c1-13(2,3)19-12(17)15-9-6-7-10(11(16)8-9)14(4,5)18/h6-8,16,18H,1-5H3,(H,15,17). The van der Waals surface area contributed by atoms with Crippen molar-refractivity contribution in [1.82, 2.24) is 0 Å². The Morgan fingerprint density at radius 2 is 1.79 bits per heavy atom. The van der Waals surface area contributed by atoms with Crippen LogP contribution < -0.4 is 5.32 Å². The minimum atomic E-state index is -1.14. The van der Waals surface area contributed by atoms with Crippen LogP contribution in [-0.4, -0.2) is 21.9 Å². The molecule has 5 nitrogen and oxygen atoms in total. The highest BCUT2D eigenvalue weighted by Gasteiger charge is 2.21. The number of phenolic OH excluding ortho intramolecular Hbond substituents is 1. The zero-order valence-electron chi connectivity index (χ0n) is 11.9. The Balaban J connectivity index is 2.83. The molecule has 1 aromatic rings. The van der Waals surface area contributed by atoms with Gasteiger partial charge >= 0.3 is 6.09 Å². The Kier molecular flexibility index (Phi) is 4.10. The lowest BCUT2D eigenvalue weighted by atomic mass is 9.97. The molecule has 0 heterocycles. The molecule has 0 fully saturated rings. The number of nitrogens with one attached hydrogen (secondary N) is 1. The molecule has 1 amide bonds. The molecular formula is C14H21NO4. The van der Waals surface area contributed by atoms with Crippen LogP contribution >= 0.6 is 0 Å². The number of phenols is 1. The zero-order chi connectivity index (χ0) is 14.8. The van der Waals surface area contributed by atoms with E-state index in [4.69, 9.17) is 4.74 Å². The highest BCUT2D eigenvalue weighted by Crippen LogP contribution is 2.31. The topological polar surface area (TPSA) is 78.8 Å². The van der Waals surface area contributed by atoms with E-state index < -0.39 is 17.3 Å². The van der Waals surface area contributed by atoms with Crippen molar-refractivity contribution in [3.63, 3.8) is 0 Å². The molecule has 0 aromatic heterocycles. The molecule has 0 aliphatic rings. The largest absolute Gasteiger partial charge is 0.507 e. The average molecular weight is 267 g/mol. The summed E-state index contributed by atoms with van der Waals surface area (Å²) in [4.78, 5) is 11.6. The molecule has 1 rings (SSSR count). The van der Waals surface area contributed by atoms with Gasteiger partial charge in [-0.15, -0.1) is 0 Å². The molecule has 0 bridgehead atoms. The number of benzene rings is 1. The lowest BCUT2D eigenvalue weighted by Crippen LogP contribution is -2.27. The Morgan fingerprint density at radius 1 is 1.21 bits per heavy atom. The molecule has 5 heteroatoms. The van der Waals surface area contributed by atoms with E-state index in [0.29, 0.717) is 11.3 Å². The third-order valence-corrected chi connectivity index (χ3v) is 2.30. The molecule has 0 atom stereocenters. The number of carbonyl (C=O) groups excluding carboxylic acids is 1. The van der Waals surface area contributed by atoms with Gasteiger partial charge in [-0.25, -0.2) is 4.79 Å². The molecule has 0 spiro atoms. The van der Waals surface area contributed by atoms with Gasteiger partial charge in [-0.1, -0.05) is 6.07 Å². The number of ether oxygens (including phenoxy) is 1. The zero-order valence-corrected chi connectivity index (χ0v) is 11.9. The van der Waals surface area contributed by atoms with Crippen molar-refractivity contribution < 1.29 is 19.7 Å². The minimum absolute atomic E-state index is 0.0824. The molecule has 0 unspecified atom stereocenters. The highest BCUT2D eigenvalue weighted by molar-refractivity contribution is 5.85. The monoisotopic (exact) mass is 267 g/mol. The summed E-state index contributed by atoms with van der Waals surface area (Å²) in [6, 6.07) is 4.52. The van der Waals surface area contributed by atoms with E-state index in [9.17, 15) is 15.0 Å². The fourth-order valence-electron chi connectivity index (χ4n) is 1.55. The van der Waals surface area contributed by atoms with Crippen molar-refractivity contribution in [2.45, 2.75) is 45.8 Å². The maximum absolute atomic E-state index is 11.6. The van der Waals surface area contributed by atoms with E-state index in [2.05, 4.69) is 5.32 Å². The van der Waals surface area contributed by atoms with Crippen LogP contribution in [0.2, 0.25) is 0 Å². The van der Waals surface area contributed by atoms with Crippen LogP contribution in [-0.2, 0) is 10.3 Å². The van der Waals surface area contributed by atoms with Gasteiger partial charge in [0.2, 0.25) is 0 Å². The number of hydrogen-bond donors (Lipinski definition) is 3. The first-order valence-corrected chi connectivity index (χ1v) is 6.05. The van der Waals surface area contributed by atoms with E-state index in [0.717, 1.165) is 0 Å². The van der Waals surface area contributed by atoms with Crippen molar-refractivity contribution in [1.29, 1.82) is 0 Å². The molecule has 3 N–H and O–H groups in total. The van der Waals surface area contributed by atoms with Gasteiger partial charge in [-0.3, -0.25) is 5.32 Å². The molecule has 0 aliphatic carbocycles. The summed E-state index contributed by atoms with van der Waals surface area (Å²) < 4.78 is 5.10. The van der Waals surface area contributed by atoms with Crippen LogP contribution in [0.15, 0.2) is 18.2 Å². The van der Waals surface area contributed by atoms with Crippen LogP contribution in [0.5, 0.6) is 5.75 Å². The van der Waals surface area contributed by atoms with E-state index in [1.54, 1.807) is 46.8 Å². The molecule has 19 heavy (non-hydrogen) atoms. The molecule has 0 saturated heterocycles. The summed E-state index contributed by atoms with van der Waals surface area (Å²) in [5.41, 5.74) is -0.935. The predicted octanol–water partition coefficient (Wildman–Crippen LogP) is 2.97. The van der Waals surface area contributed by atoms with Crippen LogP contribution in [0.1, 0.15) is 40.2 Å². The van der Waals surface area contributed by atoms with Gasteiger partial charge < -0.3 is 14.9 Å². The predicted molar refractivity (Wildman–Crippen MR) is 73.2 cm³/mol. The minimum Gasteiger partial charge on any atom is -0.507 e. The number of amides is 1. The van der Waals surface area contributed by atoms with Gasteiger partial charge in [0.05, 0.1) is 5.60 Å². The summed E-state index contributed by atoms with van der Waals surface area (Å²) in [6.07, 6.45) is -0.595. The van der Waals surface area contributed by atoms with Crippen molar-refractivity contribution >= 4 is 11.8 Å². The second-order valence-electron chi connectivity index (χ2n) is 5.92. The fourth-order valence-corrected chi connectivity index (χ4v) is 1.55. The van der Waals surface area contributed by atoms with Gasteiger partial charge in [0.1, 0.15) is 11.4 Å².